The molecule has 0 N–H and O–H groups in total. The first-order chi connectivity index (χ1) is 12.5. The number of benzene rings is 2. The normalized spacial score (nSPS) is 10.7. The Morgan fingerprint density at radius 1 is 1.15 bits per heavy atom. The molecule has 0 aliphatic carbocycles. The van der Waals surface area contributed by atoms with E-state index >= 15 is 0 Å². The van der Waals surface area contributed by atoms with Gasteiger partial charge in [-0.25, -0.2) is 9.37 Å². The Hall–Kier alpha value is -2.53. The van der Waals surface area contributed by atoms with Crippen LogP contribution in [-0.4, -0.2) is 22.8 Å². The molecule has 134 valence electrons. The standard InChI is InChI=1S/C21H21FN2OS/c1-3-15-7-9-17(10-8-15)21-23-19(14-26-21)12-20(25)24(2)13-16-5-4-6-18(22)11-16/h4-11,14H,3,12-13H2,1-2H3. The number of hydrogen-bond acceptors (Lipinski definition) is 3. The van der Waals surface area contributed by atoms with Crippen LogP contribution < -0.4 is 0 Å². The number of rotatable bonds is 6. The Balaban J connectivity index is 1.63. The van der Waals surface area contributed by atoms with Crippen LogP contribution in [0.5, 0.6) is 0 Å². The van der Waals surface area contributed by atoms with Crippen LogP contribution in [0.1, 0.15) is 23.7 Å². The van der Waals surface area contributed by atoms with E-state index in [-0.39, 0.29) is 18.1 Å². The largest absolute Gasteiger partial charge is 0.341 e. The fraction of sp³-hybridized carbons (Fsp3) is 0.238. The highest BCUT2D eigenvalue weighted by Crippen LogP contribution is 2.24. The van der Waals surface area contributed by atoms with Gasteiger partial charge in [0.25, 0.3) is 0 Å². The van der Waals surface area contributed by atoms with Gasteiger partial charge in [-0.1, -0.05) is 43.3 Å². The fourth-order valence-electron chi connectivity index (χ4n) is 2.69. The zero-order valence-electron chi connectivity index (χ0n) is 14.9. The summed E-state index contributed by atoms with van der Waals surface area (Å²) in [5.41, 5.74) is 3.90. The van der Waals surface area contributed by atoms with Gasteiger partial charge in [0, 0.05) is 24.5 Å². The number of halogens is 1. The summed E-state index contributed by atoms with van der Waals surface area (Å²) in [6, 6.07) is 14.7. The van der Waals surface area contributed by atoms with E-state index in [0.29, 0.717) is 6.54 Å². The van der Waals surface area contributed by atoms with Crippen molar-refractivity contribution in [2.45, 2.75) is 26.3 Å². The molecule has 0 spiro atoms. The minimum atomic E-state index is -0.290. The zero-order valence-corrected chi connectivity index (χ0v) is 15.7. The predicted octanol–water partition coefficient (Wildman–Crippen LogP) is 4.71. The van der Waals surface area contributed by atoms with Gasteiger partial charge in [-0.15, -0.1) is 11.3 Å². The van der Waals surface area contributed by atoms with Crippen LogP contribution in [0, 0.1) is 5.82 Å². The Morgan fingerprint density at radius 3 is 2.62 bits per heavy atom. The first kappa shape index (κ1) is 18.3. The number of thiazole rings is 1. The molecule has 26 heavy (non-hydrogen) atoms. The molecule has 0 fully saturated rings. The van der Waals surface area contributed by atoms with Crippen LogP contribution in [0.2, 0.25) is 0 Å². The number of carbonyl (C=O) groups is 1. The van der Waals surface area contributed by atoms with E-state index in [1.165, 1.54) is 17.7 Å². The summed E-state index contributed by atoms with van der Waals surface area (Å²) in [6.45, 7) is 2.51. The number of aromatic nitrogens is 1. The minimum Gasteiger partial charge on any atom is -0.341 e. The van der Waals surface area contributed by atoms with E-state index in [4.69, 9.17) is 0 Å². The molecule has 0 radical (unpaired) electrons. The lowest BCUT2D eigenvalue weighted by atomic mass is 10.1. The van der Waals surface area contributed by atoms with Crippen LogP contribution in [0.15, 0.2) is 53.9 Å². The molecule has 0 aliphatic rings. The molecule has 0 saturated carbocycles. The highest BCUT2D eigenvalue weighted by atomic mass is 32.1. The van der Waals surface area contributed by atoms with Gasteiger partial charge in [0.05, 0.1) is 12.1 Å². The molecule has 0 bridgehead atoms. The third-order valence-corrected chi connectivity index (χ3v) is 5.17. The predicted molar refractivity (Wildman–Crippen MR) is 104 cm³/mol. The molecule has 1 amide bonds. The molecule has 1 heterocycles. The van der Waals surface area contributed by atoms with Crippen LogP contribution in [0.4, 0.5) is 4.39 Å². The van der Waals surface area contributed by atoms with E-state index in [0.717, 1.165) is 28.2 Å². The van der Waals surface area contributed by atoms with Crippen molar-refractivity contribution in [3.8, 4) is 10.6 Å². The lowest BCUT2D eigenvalue weighted by Crippen LogP contribution is -2.27. The van der Waals surface area contributed by atoms with E-state index in [1.54, 1.807) is 29.4 Å². The maximum Gasteiger partial charge on any atom is 0.228 e. The minimum absolute atomic E-state index is 0.0348. The molecule has 0 aliphatic heterocycles. The monoisotopic (exact) mass is 368 g/mol. The van der Waals surface area contributed by atoms with E-state index < -0.39 is 0 Å². The average molecular weight is 368 g/mol. The number of nitrogens with zero attached hydrogens (tertiary/aromatic N) is 2. The molecule has 2 aromatic carbocycles. The smallest absolute Gasteiger partial charge is 0.228 e. The molecule has 0 unspecified atom stereocenters. The van der Waals surface area contributed by atoms with Crippen molar-refractivity contribution in [3.63, 3.8) is 0 Å². The number of amides is 1. The fourth-order valence-corrected chi connectivity index (χ4v) is 3.52. The van der Waals surface area contributed by atoms with Crippen molar-refractivity contribution in [3.05, 3.63) is 76.5 Å². The van der Waals surface area contributed by atoms with Gasteiger partial charge >= 0.3 is 0 Å². The first-order valence-electron chi connectivity index (χ1n) is 8.57. The van der Waals surface area contributed by atoms with Gasteiger partial charge in [-0.3, -0.25) is 4.79 Å². The Labute approximate surface area is 157 Å². The van der Waals surface area contributed by atoms with Gasteiger partial charge in [0.15, 0.2) is 0 Å². The van der Waals surface area contributed by atoms with Crippen molar-refractivity contribution in [2.24, 2.45) is 0 Å². The summed E-state index contributed by atoms with van der Waals surface area (Å²) in [6.07, 6.45) is 1.25. The SMILES string of the molecule is CCc1ccc(-c2nc(CC(=O)N(C)Cc3cccc(F)c3)cs2)cc1. The molecule has 0 saturated heterocycles. The van der Waals surface area contributed by atoms with Crippen LogP contribution in [0.25, 0.3) is 10.6 Å². The van der Waals surface area contributed by atoms with E-state index in [9.17, 15) is 9.18 Å². The molecular weight excluding hydrogens is 347 g/mol. The van der Waals surface area contributed by atoms with Crippen molar-refractivity contribution in [1.82, 2.24) is 9.88 Å². The summed E-state index contributed by atoms with van der Waals surface area (Å²) < 4.78 is 13.3. The highest BCUT2D eigenvalue weighted by molar-refractivity contribution is 7.13. The Kier molecular flexibility index (Phi) is 5.78. The topological polar surface area (TPSA) is 33.2 Å². The average Bonchev–Trinajstić information content (AvgIpc) is 3.10. The first-order valence-corrected chi connectivity index (χ1v) is 9.45. The molecular formula is C21H21FN2OS. The summed E-state index contributed by atoms with van der Waals surface area (Å²) in [4.78, 5) is 18.6. The van der Waals surface area contributed by atoms with Crippen molar-refractivity contribution in [2.75, 3.05) is 7.05 Å². The van der Waals surface area contributed by atoms with Gasteiger partial charge in [0.1, 0.15) is 10.8 Å². The highest BCUT2D eigenvalue weighted by Gasteiger charge is 2.13. The van der Waals surface area contributed by atoms with Gasteiger partial charge in [-0.05, 0) is 29.7 Å². The molecule has 5 heteroatoms. The van der Waals surface area contributed by atoms with Gasteiger partial charge in [0.2, 0.25) is 5.91 Å². The maximum absolute atomic E-state index is 13.3. The summed E-state index contributed by atoms with van der Waals surface area (Å²) in [5, 5.41) is 2.85. The number of carbonyl (C=O) groups excluding carboxylic acids is 1. The van der Waals surface area contributed by atoms with Crippen molar-refractivity contribution in [1.29, 1.82) is 0 Å². The van der Waals surface area contributed by atoms with Gasteiger partial charge in [-0.2, -0.15) is 0 Å². The summed E-state index contributed by atoms with van der Waals surface area (Å²) in [5.74, 6) is -0.325. The Morgan fingerprint density at radius 2 is 1.92 bits per heavy atom. The molecule has 1 aromatic heterocycles. The maximum atomic E-state index is 13.3. The van der Waals surface area contributed by atoms with Crippen molar-refractivity contribution >= 4 is 17.2 Å². The quantitative estimate of drug-likeness (QED) is 0.631. The Bertz CT molecular complexity index is 889. The number of hydrogen-bond donors (Lipinski definition) is 0. The lowest BCUT2D eigenvalue weighted by Gasteiger charge is -2.16. The van der Waals surface area contributed by atoms with E-state index in [1.807, 2.05) is 11.4 Å². The summed E-state index contributed by atoms with van der Waals surface area (Å²) in [7, 11) is 1.73. The third-order valence-electron chi connectivity index (χ3n) is 4.23. The number of likely N-dealkylation sites (N-methyl/N-ethyl adjacent to an activating group) is 1. The second-order valence-corrected chi connectivity index (χ2v) is 7.11. The molecule has 3 aromatic rings. The molecule has 0 atom stereocenters. The van der Waals surface area contributed by atoms with E-state index in [2.05, 4.69) is 36.2 Å². The third kappa shape index (κ3) is 4.55. The van der Waals surface area contributed by atoms with Crippen LogP contribution in [-0.2, 0) is 24.2 Å². The zero-order chi connectivity index (χ0) is 18.5. The second-order valence-electron chi connectivity index (χ2n) is 6.25. The van der Waals surface area contributed by atoms with Crippen molar-refractivity contribution < 1.29 is 9.18 Å². The second kappa shape index (κ2) is 8.23. The number of aryl methyl sites for hydroxylation is 1. The summed E-state index contributed by atoms with van der Waals surface area (Å²) >= 11 is 1.54. The van der Waals surface area contributed by atoms with Gasteiger partial charge < -0.3 is 4.90 Å². The van der Waals surface area contributed by atoms with Crippen LogP contribution >= 0.6 is 11.3 Å². The molecule has 3 rings (SSSR count). The van der Waals surface area contributed by atoms with Crippen LogP contribution in [0.3, 0.4) is 0 Å². The molecule has 3 nitrogen and oxygen atoms in total. The lowest BCUT2D eigenvalue weighted by molar-refractivity contribution is -0.129.